The lowest BCUT2D eigenvalue weighted by Gasteiger charge is -2.21. The van der Waals surface area contributed by atoms with Crippen LogP contribution in [-0.2, 0) is 14.8 Å². The molecular formula is C23H26N2O3S2. The molecule has 30 heavy (non-hydrogen) atoms. The van der Waals surface area contributed by atoms with Crippen LogP contribution in [0.25, 0.3) is 21.2 Å². The van der Waals surface area contributed by atoms with Crippen LogP contribution < -0.4 is 0 Å². The van der Waals surface area contributed by atoms with Crippen LogP contribution in [0.1, 0.15) is 31.7 Å². The van der Waals surface area contributed by atoms with E-state index in [2.05, 4.69) is 17.5 Å². The fourth-order valence-electron chi connectivity index (χ4n) is 4.26. The zero-order valence-electron chi connectivity index (χ0n) is 17.5. The maximum atomic E-state index is 13.2. The molecule has 5 nitrogen and oxygen atoms in total. The lowest BCUT2D eigenvalue weighted by atomic mass is 9.90. The Kier molecular flexibility index (Phi) is 5.70. The molecule has 7 heteroatoms. The molecule has 0 N–H and O–H groups in total. The molecule has 3 aromatic rings. The first-order valence-electron chi connectivity index (χ1n) is 10.2. The number of nitrogens with zero attached hydrogens (tertiary/aromatic N) is 2. The summed E-state index contributed by atoms with van der Waals surface area (Å²) in [4.78, 5) is 14.2. The fourth-order valence-corrected chi connectivity index (χ4v) is 6.70. The van der Waals surface area contributed by atoms with Crippen molar-refractivity contribution in [3.05, 3.63) is 53.4 Å². The summed E-state index contributed by atoms with van der Waals surface area (Å²) < 4.78 is 29.0. The Morgan fingerprint density at radius 3 is 2.50 bits per heavy atom. The molecular weight excluding hydrogens is 416 g/mol. The van der Waals surface area contributed by atoms with Crippen LogP contribution >= 0.6 is 11.3 Å². The molecule has 1 amide bonds. The van der Waals surface area contributed by atoms with E-state index < -0.39 is 10.0 Å². The van der Waals surface area contributed by atoms with Gasteiger partial charge in [-0.25, -0.2) is 8.42 Å². The molecule has 1 fully saturated rings. The van der Waals surface area contributed by atoms with Gasteiger partial charge in [-0.2, -0.15) is 4.31 Å². The van der Waals surface area contributed by atoms with Crippen LogP contribution in [0.15, 0.2) is 52.7 Å². The summed E-state index contributed by atoms with van der Waals surface area (Å²) in [6.07, 6.45) is 0.452. The maximum Gasteiger partial charge on any atom is 0.243 e. The van der Waals surface area contributed by atoms with E-state index in [9.17, 15) is 13.2 Å². The van der Waals surface area contributed by atoms with Crippen LogP contribution in [0.3, 0.4) is 0 Å². The smallest absolute Gasteiger partial charge is 0.243 e. The first-order valence-corrected chi connectivity index (χ1v) is 12.5. The monoisotopic (exact) mass is 442 g/mol. The molecule has 0 spiro atoms. The van der Waals surface area contributed by atoms with Gasteiger partial charge in [-0.05, 0) is 34.7 Å². The molecule has 0 saturated carbocycles. The maximum absolute atomic E-state index is 13.2. The third-order valence-electron chi connectivity index (χ3n) is 5.92. The normalized spacial score (nSPS) is 17.4. The summed E-state index contributed by atoms with van der Waals surface area (Å²) >= 11 is 1.65. The molecule has 0 aliphatic carbocycles. The van der Waals surface area contributed by atoms with E-state index in [-0.39, 0.29) is 11.8 Å². The van der Waals surface area contributed by atoms with Crippen LogP contribution in [0.5, 0.6) is 0 Å². The number of carbonyl (C=O) groups excluding carboxylic acids is 1. The second-order valence-corrected chi connectivity index (χ2v) is 10.5. The van der Waals surface area contributed by atoms with E-state index in [1.54, 1.807) is 28.4 Å². The molecule has 1 atom stereocenters. The van der Waals surface area contributed by atoms with Crippen molar-refractivity contribution in [2.24, 2.45) is 0 Å². The van der Waals surface area contributed by atoms with Crippen molar-refractivity contribution in [2.45, 2.75) is 31.1 Å². The number of rotatable bonds is 6. The average molecular weight is 443 g/mol. The number of likely N-dealkylation sites (N-methyl/N-ethyl adjacent to an activating group) is 1. The minimum absolute atomic E-state index is 0.0568. The largest absolute Gasteiger partial charge is 0.345 e. The highest BCUT2D eigenvalue weighted by molar-refractivity contribution is 7.89. The third kappa shape index (κ3) is 3.55. The van der Waals surface area contributed by atoms with E-state index in [1.165, 1.54) is 4.31 Å². The van der Waals surface area contributed by atoms with Crippen molar-refractivity contribution in [2.75, 3.05) is 26.7 Å². The zero-order chi connectivity index (χ0) is 21.5. The molecule has 4 rings (SSSR count). The summed E-state index contributed by atoms with van der Waals surface area (Å²) in [7, 11) is -1.75. The van der Waals surface area contributed by atoms with Crippen molar-refractivity contribution in [3.63, 3.8) is 0 Å². The molecule has 1 aliphatic heterocycles. The molecule has 1 aliphatic rings. The highest BCUT2D eigenvalue weighted by atomic mass is 32.2. The summed E-state index contributed by atoms with van der Waals surface area (Å²) in [5.74, 6) is 0.183. The Hall–Kier alpha value is -2.22. The number of thiophene rings is 1. The van der Waals surface area contributed by atoms with Crippen LogP contribution in [0, 0.1) is 0 Å². The second-order valence-electron chi connectivity index (χ2n) is 7.66. The SMILES string of the molecule is CCN(CC)S(=O)(=O)c1ccc(C2CC(=O)N(C)C2)c(-c2csc3ccccc23)c1. The Morgan fingerprint density at radius 2 is 1.83 bits per heavy atom. The van der Waals surface area contributed by atoms with Crippen LogP contribution in [-0.4, -0.2) is 50.2 Å². The lowest BCUT2D eigenvalue weighted by molar-refractivity contribution is -0.126. The summed E-state index contributed by atoms with van der Waals surface area (Å²) in [6.45, 7) is 5.21. The van der Waals surface area contributed by atoms with E-state index >= 15 is 0 Å². The molecule has 1 unspecified atom stereocenters. The van der Waals surface area contributed by atoms with Crippen molar-refractivity contribution < 1.29 is 13.2 Å². The fraction of sp³-hybridized carbons (Fsp3) is 0.348. The number of carbonyl (C=O) groups is 1. The standard InChI is InChI=1S/C23H26N2O3S2/c1-4-25(5-2)30(27,28)17-10-11-18(16-12-23(26)24(3)14-16)20(13-17)21-15-29-22-9-7-6-8-19(21)22/h6-11,13,15-16H,4-5,12,14H2,1-3H3. The van der Waals surface area contributed by atoms with Gasteiger partial charge in [0, 0.05) is 54.7 Å². The van der Waals surface area contributed by atoms with Crippen molar-refractivity contribution in [1.82, 2.24) is 9.21 Å². The first-order chi connectivity index (χ1) is 14.4. The van der Waals surface area contributed by atoms with Gasteiger partial charge >= 0.3 is 0 Å². The Morgan fingerprint density at radius 1 is 1.10 bits per heavy atom. The third-order valence-corrected chi connectivity index (χ3v) is 8.93. The minimum Gasteiger partial charge on any atom is -0.345 e. The van der Waals surface area contributed by atoms with E-state index in [0.717, 1.165) is 26.8 Å². The van der Waals surface area contributed by atoms with Crippen molar-refractivity contribution >= 4 is 37.4 Å². The van der Waals surface area contributed by atoms with Gasteiger partial charge in [0.15, 0.2) is 0 Å². The molecule has 2 heterocycles. The van der Waals surface area contributed by atoms with Crippen molar-refractivity contribution in [1.29, 1.82) is 0 Å². The zero-order valence-corrected chi connectivity index (χ0v) is 19.1. The van der Waals surface area contributed by atoms with Gasteiger partial charge in [-0.3, -0.25) is 4.79 Å². The van der Waals surface area contributed by atoms with Gasteiger partial charge in [0.1, 0.15) is 0 Å². The number of sulfonamides is 1. The number of amides is 1. The van der Waals surface area contributed by atoms with Gasteiger partial charge < -0.3 is 4.90 Å². The number of fused-ring (bicyclic) bond motifs is 1. The number of benzene rings is 2. The highest BCUT2D eigenvalue weighted by Gasteiger charge is 2.31. The van der Waals surface area contributed by atoms with Gasteiger partial charge in [0.05, 0.1) is 4.90 Å². The van der Waals surface area contributed by atoms with Gasteiger partial charge in [-0.15, -0.1) is 11.3 Å². The van der Waals surface area contributed by atoms with E-state index in [0.29, 0.717) is 31.0 Å². The second kappa shape index (κ2) is 8.13. The van der Waals surface area contributed by atoms with Crippen LogP contribution in [0.2, 0.25) is 0 Å². The molecule has 0 bridgehead atoms. The minimum atomic E-state index is -3.57. The Bertz CT molecular complexity index is 1200. The van der Waals surface area contributed by atoms with Gasteiger partial charge in [0.2, 0.25) is 15.9 Å². The lowest BCUT2D eigenvalue weighted by Crippen LogP contribution is -2.30. The molecule has 1 saturated heterocycles. The predicted octanol–water partition coefficient (Wildman–Crippen LogP) is 4.54. The summed E-state index contributed by atoms with van der Waals surface area (Å²) in [5, 5.41) is 3.21. The topological polar surface area (TPSA) is 57.7 Å². The Balaban J connectivity index is 1.91. The van der Waals surface area contributed by atoms with Crippen LogP contribution in [0.4, 0.5) is 0 Å². The van der Waals surface area contributed by atoms with Gasteiger partial charge in [-0.1, -0.05) is 38.1 Å². The average Bonchev–Trinajstić information content (AvgIpc) is 3.31. The number of likely N-dealkylation sites (tertiary alicyclic amines) is 1. The van der Waals surface area contributed by atoms with E-state index in [4.69, 9.17) is 0 Å². The molecule has 0 radical (unpaired) electrons. The summed E-state index contributed by atoms with van der Waals surface area (Å²) in [6, 6.07) is 13.6. The molecule has 1 aromatic heterocycles. The molecule has 2 aromatic carbocycles. The first kappa shape index (κ1) is 21.0. The highest BCUT2D eigenvalue weighted by Crippen LogP contribution is 2.41. The summed E-state index contributed by atoms with van der Waals surface area (Å²) in [5.41, 5.74) is 2.98. The molecule has 158 valence electrons. The van der Waals surface area contributed by atoms with Crippen molar-refractivity contribution in [3.8, 4) is 11.1 Å². The van der Waals surface area contributed by atoms with Gasteiger partial charge in [0.25, 0.3) is 0 Å². The van der Waals surface area contributed by atoms with E-state index in [1.807, 2.05) is 39.1 Å². The Labute approximate surface area is 182 Å². The number of hydrogen-bond acceptors (Lipinski definition) is 4. The predicted molar refractivity (Wildman–Crippen MR) is 122 cm³/mol. The quantitative estimate of drug-likeness (QED) is 0.563. The number of hydrogen-bond donors (Lipinski definition) is 0.